The smallest absolute Gasteiger partial charge is 0.0465 e. The average Bonchev–Trinajstić information content (AvgIpc) is 3.89. The molecule has 388 valence electrons. The van der Waals surface area contributed by atoms with Crippen LogP contribution in [0.4, 0.5) is 51.2 Å². The molecule has 0 fully saturated rings. The second kappa shape index (κ2) is 22.7. The van der Waals surface area contributed by atoms with Gasteiger partial charge < -0.3 is 14.7 Å². The van der Waals surface area contributed by atoms with Gasteiger partial charge in [0.05, 0.1) is 0 Å². The predicted molar refractivity (Wildman–Crippen MR) is 335 cm³/mol. The summed E-state index contributed by atoms with van der Waals surface area (Å²) in [7, 11) is 0. The van der Waals surface area contributed by atoms with Crippen molar-refractivity contribution >= 4 is 51.2 Å². The summed E-state index contributed by atoms with van der Waals surface area (Å²) in [5.74, 6) is 0. The number of para-hydroxylation sites is 3. The Balaban J connectivity index is 0.917. The van der Waals surface area contributed by atoms with Gasteiger partial charge in [-0.3, -0.25) is 0 Å². The Labute approximate surface area is 465 Å². The fraction of sp³-hybridized carbons (Fsp3) is 0.200. The van der Waals surface area contributed by atoms with E-state index in [1.807, 2.05) is 0 Å². The van der Waals surface area contributed by atoms with Crippen molar-refractivity contribution in [2.24, 2.45) is 0 Å². The molecular weight excluding hydrogens is 943 g/mol. The fourth-order valence-electron chi connectivity index (χ4n) is 12.2. The SMILES string of the molecule is CCCCCCCCc1ccc(N(c2ccc(-c3ccc(N(c4ccccc4)c4ccccc4)cc3C)c(C)c2)c2ccc(-c3ccc(N(c4ccccc4)c4ccc5c(c4)C(C)(C)c4ccccc4-5)cc3C)c(C)c2)cc1. The average molecular weight is 1020 g/mol. The third kappa shape index (κ3) is 10.4. The zero-order valence-corrected chi connectivity index (χ0v) is 46.7. The number of fused-ring (bicyclic) bond motifs is 3. The highest BCUT2D eigenvalue weighted by Crippen LogP contribution is 2.51. The highest BCUT2D eigenvalue weighted by molar-refractivity contribution is 5.88. The summed E-state index contributed by atoms with van der Waals surface area (Å²) in [5, 5.41) is 0. The molecule has 11 rings (SSSR count). The Morgan fingerprint density at radius 1 is 0.282 bits per heavy atom. The minimum Gasteiger partial charge on any atom is -0.310 e. The number of hydrogen-bond acceptors (Lipinski definition) is 3. The molecule has 0 saturated carbocycles. The largest absolute Gasteiger partial charge is 0.310 e. The summed E-state index contributed by atoms with van der Waals surface area (Å²) < 4.78 is 0. The molecule has 0 aliphatic heterocycles. The van der Waals surface area contributed by atoms with Gasteiger partial charge >= 0.3 is 0 Å². The highest BCUT2D eigenvalue weighted by atomic mass is 15.2. The van der Waals surface area contributed by atoms with Crippen LogP contribution < -0.4 is 14.7 Å². The van der Waals surface area contributed by atoms with Gasteiger partial charge in [-0.05, 0) is 222 Å². The van der Waals surface area contributed by atoms with Crippen molar-refractivity contribution in [1.82, 2.24) is 0 Å². The molecule has 10 aromatic rings. The maximum absolute atomic E-state index is 2.44. The van der Waals surface area contributed by atoms with Crippen molar-refractivity contribution in [3.05, 3.63) is 269 Å². The third-order valence-corrected chi connectivity index (χ3v) is 16.3. The van der Waals surface area contributed by atoms with Crippen LogP contribution in [-0.4, -0.2) is 0 Å². The molecule has 1 aliphatic carbocycles. The Kier molecular flexibility index (Phi) is 15.0. The number of benzene rings is 10. The molecule has 0 saturated heterocycles. The van der Waals surface area contributed by atoms with Crippen LogP contribution in [0.25, 0.3) is 33.4 Å². The Hall–Kier alpha value is -8.40. The first kappa shape index (κ1) is 51.7. The lowest BCUT2D eigenvalue weighted by atomic mass is 9.82. The molecule has 3 nitrogen and oxygen atoms in total. The summed E-state index contributed by atoms with van der Waals surface area (Å²) in [5.41, 5.74) is 26.9. The van der Waals surface area contributed by atoms with Gasteiger partial charge in [-0.15, -0.1) is 0 Å². The Morgan fingerprint density at radius 3 is 1.03 bits per heavy atom. The van der Waals surface area contributed by atoms with E-state index in [2.05, 4.69) is 294 Å². The Morgan fingerprint density at radius 2 is 0.603 bits per heavy atom. The molecule has 0 unspecified atom stereocenters. The number of anilines is 9. The summed E-state index contributed by atoms with van der Waals surface area (Å²) in [6.45, 7) is 16.0. The molecule has 1 aliphatic rings. The van der Waals surface area contributed by atoms with Crippen molar-refractivity contribution in [2.75, 3.05) is 14.7 Å². The summed E-state index contributed by atoms with van der Waals surface area (Å²) in [6, 6.07) is 85.3. The molecule has 0 N–H and O–H groups in total. The lowest BCUT2D eigenvalue weighted by Crippen LogP contribution is -2.16. The zero-order chi connectivity index (χ0) is 53.8. The Bertz CT molecular complexity index is 3650. The van der Waals surface area contributed by atoms with Crippen LogP contribution in [0.3, 0.4) is 0 Å². The fourth-order valence-corrected chi connectivity index (χ4v) is 12.2. The van der Waals surface area contributed by atoms with Gasteiger partial charge in [0.2, 0.25) is 0 Å². The van der Waals surface area contributed by atoms with Crippen molar-refractivity contribution in [1.29, 1.82) is 0 Å². The van der Waals surface area contributed by atoms with E-state index in [4.69, 9.17) is 0 Å². The molecular formula is C75H73N3. The highest BCUT2D eigenvalue weighted by Gasteiger charge is 2.36. The summed E-state index contributed by atoms with van der Waals surface area (Å²) in [4.78, 5) is 7.19. The van der Waals surface area contributed by atoms with Crippen LogP contribution in [0.5, 0.6) is 0 Å². The molecule has 10 aromatic carbocycles. The first-order valence-corrected chi connectivity index (χ1v) is 28.4. The van der Waals surface area contributed by atoms with E-state index in [-0.39, 0.29) is 5.41 Å². The van der Waals surface area contributed by atoms with E-state index < -0.39 is 0 Å². The lowest BCUT2D eigenvalue weighted by molar-refractivity contribution is 0.607. The second-order valence-corrected chi connectivity index (χ2v) is 22.1. The number of hydrogen-bond donors (Lipinski definition) is 0. The molecule has 0 aromatic heterocycles. The van der Waals surface area contributed by atoms with E-state index in [1.54, 1.807) is 0 Å². The van der Waals surface area contributed by atoms with Gasteiger partial charge in [-0.2, -0.15) is 0 Å². The summed E-state index contributed by atoms with van der Waals surface area (Å²) in [6.07, 6.45) is 8.93. The van der Waals surface area contributed by atoms with Crippen molar-refractivity contribution in [3.63, 3.8) is 0 Å². The maximum atomic E-state index is 2.44. The zero-order valence-electron chi connectivity index (χ0n) is 46.7. The van der Waals surface area contributed by atoms with Crippen LogP contribution in [-0.2, 0) is 11.8 Å². The number of nitrogens with zero attached hydrogens (tertiary/aromatic N) is 3. The van der Waals surface area contributed by atoms with Crippen molar-refractivity contribution in [3.8, 4) is 33.4 Å². The number of rotatable bonds is 18. The molecule has 0 heterocycles. The standard InChI is InChI=1S/C75H73N3/c1-8-9-10-11-12-16-25-57-34-36-61(37-35-57)78(64-40-45-69(55(4)50-64)67-43-38-62(48-53(67)2)76(58-26-17-13-18-27-58)59-28-19-14-20-29-59)65-41-46-70(56(5)51-65)68-44-39-63(49-54(68)3)77(60-30-21-15-22-31-60)66-42-47-72-71-32-23-24-33-73(71)75(6,7)74(72)52-66/h13-15,17-24,26-52H,8-12,16,25H2,1-7H3. The molecule has 0 spiro atoms. The minimum atomic E-state index is -0.0932. The molecule has 0 radical (unpaired) electrons. The van der Waals surface area contributed by atoms with E-state index in [9.17, 15) is 0 Å². The number of unbranched alkanes of at least 4 members (excludes halogenated alkanes) is 5. The van der Waals surface area contributed by atoms with E-state index in [1.165, 1.54) is 111 Å². The summed E-state index contributed by atoms with van der Waals surface area (Å²) >= 11 is 0. The van der Waals surface area contributed by atoms with Crippen molar-refractivity contribution < 1.29 is 0 Å². The predicted octanol–water partition coefficient (Wildman–Crippen LogP) is 21.9. The normalized spacial score (nSPS) is 12.2. The first-order valence-electron chi connectivity index (χ1n) is 28.4. The topological polar surface area (TPSA) is 9.72 Å². The van der Waals surface area contributed by atoms with E-state index in [0.717, 1.165) is 57.6 Å². The van der Waals surface area contributed by atoms with Crippen LogP contribution in [0, 0.1) is 27.7 Å². The van der Waals surface area contributed by atoms with E-state index >= 15 is 0 Å². The first-order chi connectivity index (χ1) is 38.1. The van der Waals surface area contributed by atoms with Crippen LogP contribution in [0.15, 0.2) is 231 Å². The van der Waals surface area contributed by atoms with E-state index in [0.29, 0.717) is 0 Å². The quantitative estimate of drug-likeness (QED) is 0.0793. The van der Waals surface area contributed by atoms with Gasteiger partial charge in [0.25, 0.3) is 0 Å². The monoisotopic (exact) mass is 1020 g/mol. The molecule has 0 bridgehead atoms. The van der Waals surface area contributed by atoms with Crippen molar-refractivity contribution in [2.45, 2.75) is 98.8 Å². The second-order valence-electron chi connectivity index (χ2n) is 22.1. The van der Waals surface area contributed by atoms with Crippen LogP contribution in [0.1, 0.15) is 98.2 Å². The van der Waals surface area contributed by atoms with Gasteiger partial charge in [-0.25, -0.2) is 0 Å². The van der Waals surface area contributed by atoms with Gasteiger partial charge in [-0.1, -0.05) is 174 Å². The van der Waals surface area contributed by atoms with Gasteiger partial charge in [0.1, 0.15) is 0 Å². The van der Waals surface area contributed by atoms with Crippen LogP contribution in [0.2, 0.25) is 0 Å². The molecule has 0 atom stereocenters. The van der Waals surface area contributed by atoms with Crippen LogP contribution >= 0.6 is 0 Å². The molecule has 0 amide bonds. The number of aryl methyl sites for hydroxylation is 5. The maximum Gasteiger partial charge on any atom is 0.0465 e. The molecule has 3 heteroatoms. The van der Waals surface area contributed by atoms with Gasteiger partial charge in [0, 0.05) is 56.6 Å². The molecule has 78 heavy (non-hydrogen) atoms. The third-order valence-electron chi connectivity index (χ3n) is 16.3. The minimum absolute atomic E-state index is 0.0932. The lowest BCUT2D eigenvalue weighted by Gasteiger charge is -2.29. The van der Waals surface area contributed by atoms with Gasteiger partial charge in [0.15, 0.2) is 0 Å².